The van der Waals surface area contributed by atoms with E-state index in [1.807, 2.05) is 38.2 Å². The molecule has 3 heterocycles. The molecule has 32 heavy (non-hydrogen) atoms. The third kappa shape index (κ3) is 3.72. The number of benzene rings is 1. The van der Waals surface area contributed by atoms with Gasteiger partial charge in [-0.2, -0.15) is 0 Å². The first kappa shape index (κ1) is 20.9. The molecule has 1 aromatic carbocycles. The topological polar surface area (TPSA) is 97.0 Å². The molecule has 8 nitrogen and oxygen atoms in total. The van der Waals surface area contributed by atoms with E-state index in [0.717, 1.165) is 59.8 Å². The van der Waals surface area contributed by atoms with Crippen LogP contribution in [0.15, 0.2) is 24.4 Å². The summed E-state index contributed by atoms with van der Waals surface area (Å²) in [7, 11) is 0. The van der Waals surface area contributed by atoms with E-state index in [0.29, 0.717) is 16.8 Å². The Morgan fingerprint density at radius 2 is 1.84 bits per heavy atom. The number of carboxylic acid groups (broad SMARTS) is 1. The minimum Gasteiger partial charge on any atom is -0.465 e. The maximum Gasteiger partial charge on any atom is 0.408 e. The fraction of sp³-hybridized carbons (Fsp3) is 0.435. The van der Waals surface area contributed by atoms with Crippen molar-refractivity contribution in [1.29, 1.82) is 0 Å². The molecule has 0 spiro atoms. The standard InChI is InChI=1S/C23H25ClN6O2/c1-13-10-25-14(2)21(26-13)15-3-5-16(6-4-15)22-28-27-20-12-29(23(31)32)11-17-9-18(24)7-8-19(17)30(20)22/h7-10,15-16H,3-6,11-12H2,1-2H3,(H,31,32). The zero-order valence-corrected chi connectivity index (χ0v) is 18.9. The summed E-state index contributed by atoms with van der Waals surface area (Å²) in [6, 6.07) is 5.61. The first-order chi connectivity index (χ1) is 15.4. The lowest BCUT2D eigenvalue weighted by Crippen LogP contribution is -2.27. The summed E-state index contributed by atoms with van der Waals surface area (Å²) in [6.45, 7) is 4.48. The smallest absolute Gasteiger partial charge is 0.408 e. The summed E-state index contributed by atoms with van der Waals surface area (Å²) >= 11 is 6.23. The highest BCUT2D eigenvalue weighted by Gasteiger charge is 2.32. The highest BCUT2D eigenvalue weighted by atomic mass is 35.5. The summed E-state index contributed by atoms with van der Waals surface area (Å²) in [6.07, 6.45) is 4.82. The predicted molar refractivity (Wildman–Crippen MR) is 119 cm³/mol. The molecule has 0 bridgehead atoms. The van der Waals surface area contributed by atoms with Gasteiger partial charge in [0.25, 0.3) is 0 Å². The van der Waals surface area contributed by atoms with Gasteiger partial charge in [-0.1, -0.05) is 11.6 Å². The number of nitrogens with zero attached hydrogens (tertiary/aromatic N) is 6. The van der Waals surface area contributed by atoms with E-state index < -0.39 is 6.09 Å². The second kappa shape index (κ2) is 8.16. The van der Waals surface area contributed by atoms with Crippen molar-refractivity contribution < 1.29 is 9.90 Å². The summed E-state index contributed by atoms with van der Waals surface area (Å²) in [5.74, 6) is 2.21. The van der Waals surface area contributed by atoms with Crippen LogP contribution in [0.2, 0.25) is 5.02 Å². The van der Waals surface area contributed by atoms with Crippen LogP contribution in [-0.2, 0) is 13.1 Å². The molecule has 0 saturated heterocycles. The largest absolute Gasteiger partial charge is 0.465 e. The van der Waals surface area contributed by atoms with Gasteiger partial charge in [0.2, 0.25) is 0 Å². The van der Waals surface area contributed by atoms with E-state index >= 15 is 0 Å². The molecule has 1 N–H and O–H groups in total. The van der Waals surface area contributed by atoms with Crippen LogP contribution in [0.1, 0.15) is 71.8 Å². The van der Waals surface area contributed by atoms with E-state index in [4.69, 9.17) is 16.6 Å². The lowest BCUT2D eigenvalue weighted by atomic mass is 9.79. The minimum absolute atomic E-state index is 0.196. The average molecular weight is 453 g/mol. The molecule has 1 aliphatic carbocycles. The second-order valence-electron chi connectivity index (χ2n) is 8.75. The summed E-state index contributed by atoms with van der Waals surface area (Å²) in [4.78, 5) is 22.4. The highest BCUT2D eigenvalue weighted by Crippen LogP contribution is 2.41. The molecule has 3 aromatic rings. The van der Waals surface area contributed by atoms with Crippen LogP contribution in [0.4, 0.5) is 4.79 Å². The van der Waals surface area contributed by atoms with Gasteiger partial charge in [0.05, 0.1) is 35.9 Å². The number of aromatic nitrogens is 5. The number of halogens is 1. The van der Waals surface area contributed by atoms with Gasteiger partial charge in [-0.05, 0) is 63.3 Å². The van der Waals surface area contributed by atoms with E-state index in [1.54, 1.807) is 0 Å². The average Bonchev–Trinajstić information content (AvgIpc) is 3.11. The quantitative estimate of drug-likeness (QED) is 0.601. The van der Waals surface area contributed by atoms with Crippen molar-refractivity contribution in [3.05, 3.63) is 63.7 Å². The fourth-order valence-electron chi connectivity index (χ4n) is 4.99. The van der Waals surface area contributed by atoms with Crippen LogP contribution in [0.5, 0.6) is 0 Å². The highest BCUT2D eigenvalue weighted by molar-refractivity contribution is 6.30. The van der Waals surface area contributed by atoms with Gasteiger partial charge in [-0.3, -0.25) is 19.4 Å². The van der Waals surface area contributed by atoms with Crippen molar-refractivity contribution in [2.24, 2.45) is 0 Å². The number of rotatable bonds is 2. The van der Waals surface area contributed by atoms with Gasteiger partial charge in [-0.15, -0.1) is 10.2 Å². The van der Waals surface area contributed by atoms with Crippen molar-refractivity contribution in [2.45, 2.75) is 64.5 Å². The Balaban J connectivity index is 1.46. The van der Waals surface area contributed by atoms with E-state index in [9.17, 15) is 9.90 Å². The Bertz CT molecular complexity index is 1190. The first-order valence-corrected chi connectivity index (χ1v) is 11.3. The maximum atomic E-state index is 11.8. The second-order valence-corrected chi connectivity index (χ2v) is 9.19. The molecule has 5 rings (SSSR count). The first-order valence-electron chi connectivity index (χ1n) is 10.9. The van der Waals surface area contributed by atoms with Crippen LogP contribution in [0.25, 0.3) is 5.69 Å². The number of fused-ring (bicyclic) bond motifs is 3. The van der Waals surface area contributed by atoms with Crippen LogP contribution in [-0.4, -0.2) is 40.8 Å². The van der Waals surface area contributed by atoms with Crippen molar-refractivity contribution in [2.75, 3.05) is 0 Å². The van der Waals surface area contributed by atoms with Crippen LogP contribution in [0.3, 0.4) is 0 Å². The molecular weight excluding hydrogens is 428 g/mol. The van der Waals surface area contributed by atoms with E-state index in [-0.39, 0.29) is 19.0 Å². The molecule has 1 fully saturated rings. The molecule has 0 radical (unpaired) electrons. The normalized spacial score (nSPS) is 20.4. The predicted octanol–water partition coefficient (Wildman–Crippen LogP) is 4.76. The van der Waals surface area contributed by atoms with Crippen LogP contribution < -0.4 is 0 Å². The van der Waals surface area contributed by atoms with Crippen molar-refractivity contribution >= 4 is 17.7 Å². The minimum atomic E-state index is -0.982. The number of amides is 1. The molecule has 0 unspecified atom stereocenters. The fourth-order valence-corrected chi connectivity index (χ4v) is 5.19. The molecule has 0 atom stereocenters. The number of hydrogen-bond acceptors (Lipinski definition) is 5. The number of carbonyl (C=O) groups is 1. The zero-order chi connectivity index (χ0) is 22.4. The molecule has 1 saturated carbocycles. The molecule has 2 aromatic heterocycles. The van der Waals surface area contributed by atoms with Gasteiger partial charge < -0.3 is 5.11 Å². The third-order valence-electron chi connectivity index (χ3n) is 6.59. The lowest BCUT2D eigenvalue weighted by Gasteiger charge is -2.28. The van der Waals surface area contributed by atoms with Crippen molar-refractivity contribution in [3.8, 4) is 5.69 Å². The monoisotopic (exact) mass is 452 g/mol. The van der Waals surface area contributed by atoms with Crippen LogP contribution >= 0.6 is 11.6 Å². The SMILES string of the molecule is Cc1cnc(C)c(C2CCC(c3nnc4n3-c3ccc(Cl)cc3CN(C(=O)O)C4)CC2)n1. The molecule has 1 aliphatic heterocycles. The summed E-state index contributed by atoms with van der Waals surface area (Å²) in [5.41, 5.74) is 4.85. The van der Waals surface area contributed by atoms with Gasteiger partial charge >= 0.3 is 6.09 Å². The van der Waals surface area contributed by atoms with Gasteiger partial charge in [-0.25, -0.2) is 4.79 Å². The lowest BCUT2D eigenvalue weighted by molar-refractivity contribution is 0.139. The van der Waals surface area contributed by atoms with Crippen molar-refractivity contribution in [1.82, 2.24) is 29.6 Å². The molecule has 2 aliphatic rings. The maximum absolute atomic E-state index is 11.8. The molecular formula is C23H25ClN6O2. The van der Waals surface area contributed by atoms with E-state index in [1.165, 1.54) is 4.90 Å². The summed E-state index contributed by atoms with van der Waals surface area (Å²) in [5, 5.41) is 19.2. The Hall–Kier alpha value is -3.00. The number of hydrogen-bond donors (Lipinski definition) is 1. The Morgan fingerprint density at radius 3 is 2.59 bits per heavy atom. The van der Waals surface area contributed by atoms with Gasteiger partial charge in [0.15, 0.2) is 5.82 Å². The zero-order valence-electron chi connectivity index (χ0n) is 18.1. The molecule has 166 valence electrons. The Labute approximate surface area is 191 Å². The van der Waals surface area contributed by atoms with E-state index in [2.05, 4.69) is 19.7 Å². The van der Waals surface area contributed by atoms with Gasteiger partial charge in [0.1, 0.15) is 5.82 Å². The molecule has 9 heteroatoms. The third-order valence-corrected chi connectivity index (χ3v) is 6.83. The molecule has 1 amide bonds. The van der Waals surface area contributed by atoms with Crippen molar-refractivity contribution in [3.63, 3.8) is 0 Å². The Morgan fingerprint density at radius 1 is 1.09 bits per heavy atom. The Kier molecular flexibility index (Phi) is 5.33. The summed E-state index contributed by atoms with van der Waals surface area (Å²) < 4.78 is 2.05. The van der Waals surface area contributed by atoms with Crippen LogP contribution in [0, 0.1) is 13.8 Å². The number of aryl methyl sites for hydroxylation is 2. The van der Waals surface area contributed by atoms with Gasteiger partial charge in [0, 0.05) is 23.1 Å².